The third-order valence-electron chi connectivity index (χ3n) is 3.00. The van der Waals surface area contributed by atoms with E-state index < -0.39 is 0 Å². The van der Waals surface area contributed by atoms with Gasteiger partial charge in [-0.25, -0.2) is 0 Å². The van der Waals surface area contributed by atoms with E-state index in [1.807, 2.05) is 48.5 Å². The van der Waals surface area contributed by atoms with Gasteiger partial charge in [0.2, 0.25) is 0 Å². The van der Waals surface area contributed by atoms with E-state index >= 15 is 0 Å². The molecule has 2 rings (SSSR count). The van der Waals surface area contributed by atoms with E-state index in [0.717, 1.165) is 20.2 Å². The highest BCUT2D eigenvalue weighted by atomic mass is 79.9. The molecular weight excluding hydrogens is 398 g/mol. The van der Waals surface area contributed by atoms with Gasteiger partial charge in [0.25, 0.3) is 0 Å². The molecule has 2 aromatic rings. The second-order valence-electron chi connectivity index (χ2n) is 4.53. The average Bonchev–Trinajstić information content (AvgIpc) is 2.49. The van der Waals surface area contributed by atoms with Crippen molar-refractivity contribution >= 4 is 43.4 Å². The molecule has 0 saturated heterocycles. The largest absolute Gasteiger partial charge is 0.409 e. The molecule has 2 aromatic carbocycles. The normalized spacial score (nSPS) is 13.0. The van der Waals surface area contributed by atoms with Gasteiger partial charge in [0.1, 0.15) is 5.84 Å². The average molecular weight is 413 g/mol. The molecule has 0 saturated carbocycles. The van der Waals surface area contributed by atoms with E-state index in [2.05, 4.69) is 42.3 Å². The van der Waals surface area contributed by atoms with Crippen molar-refractivity contribution in [1.82, 2.24) is 0 Å². The van der Waals surface area contributed by atoms with Gasteiger partial charge in [0, 0.05) is 21.1 Å². The third-order valence-corrected chi connectivity index (χ3v) is 4.15. The zero-order valence-electron chi connectivity index (χ0n) is 11.1. The summed E-state index contributed by atoms with van der Waals surface area (Å²) in [7, 11) is 0. The Morgan fingerprint density at radius 3 is 2.52 bits per heavy atom. The van der Waals surface area contributed by atoms with Crippen molar-refractivity contribution in [3.05, 3.63) is 63.0 Å². The van der Waals surface area contributed by atoms with Gasteiger partial charge in [-0.15, -0.1) is 0 Å². The molecule has 0 amide bonds. The highest BCUT2D eigenvalue weighted by Gasteiger charge is 2.15. The third kappa shape index (κ3) is 4.47. The van der Waals surface area contributed by atoms with Crippen LogP contribution in [0, 0.1) is 0 Å². The van der Waals surface area contributed by atoms with Gasteiger partial charge in [-0.3, -0.25) is 0 Å². The molecule has 0 fully saturated rings. The molecule has 0 aliphatic heterocycles. The molecule has 0 spiro atoms. The lowest BCUT2D eigenvalue weighted by Crippen LogP contribution is -2.21. The Balaban J connectivity index is 2.27. The lowest BCUT2D eigenvalue weighted by Gasteiger charge is -2.21. The fourth-order valence-corrected chi connectivity index (χ4v) is 3.14. The van der Waals surface area contributed by atoms with Crippen molar-refractivity contribution in [1.29, 1.82) is 0 Å². The lowest BCUT2D eigenvalue weighted by molar-refractivity contribution is 0.316. The minimum absolute atomic E-state index is 0.0837. The zero-order valence-corrected chi connectivity index (χ0v) is 14.3. The number of anilines is 1. The monoisotopic (exact) mass is 411 g/mol. The minimum atomic E-state index is -0.0837. The molecule has 1 atom stereocenters. The first kappa shape index (κ1) is 15.9. The first-order chi connectivity index (χ1) is 10.1. The molecule has 6 heteroatoms. The molecule has 1 unspecified atom stereocenters. The van der Waals surface area contributed by atoms with Crippen LogP contribution in [-0.2, 0) is 0 Å². The van der Waals surface area contributed by atoms with Gasteiger partial charge in [0.15, 0.2) is 0 Å². The molecule has 0 bridgehead atoms. The summed E-state index contributed by atoms with van der Waals surface area (Å²) >= 11 is 6.96. The quantitative estimate of drug-likeness (QED) is 0.293. The van der Waals surface area contributed by atoms with Crippen LogP contribution in [0.25, 0.3) is 0 Å². The van der Waals surface area contributed by atoms with Crippen LogP contribution < -0.4 is 11.1 Å². The standard InChI is InChI=1S/C15H15Br2N3O/c16-11-6-7-13(12(17)8-11)19-14(9-15(18)20-21)10-4-2-1-3-5-10/h1-8,14,19,21H,9H2,(H2,18,20). The first-order valence-electron chi connectivity index (χ1n) is 6.33. The maximum atomic E-state index is 8.81. The smallest absolute Gasteiger partial charge is 0.141 e. The molecule has 21 heavy (non-hydrogen) atoms. The fourth-order valence-electron chi connectivity index (χ4n) is 1.98. The second-order valence-corrected chi connectivity index (χ2v) is 6.30. The summed E-state index contributed by atoms with van der Waals surface area (Å²) in [6, 6.07) is 15.7. The Labute approximate surface area is 140 Å². The Hall–Kier alpha value is -1.53. The highest BCUT2D eigenvalue weighted by Crippen LogP contribution is 2.30. The van der Waals surface area contributed by atoms with Crippen LogP contribution in [0.15, 0.2) is 62.6 Å². The van der Waals surface area contributed by atoms with Crippen LogP contribution >= 0.6 is 31.9 Å². The number of nitrogens with zero attached hydrogens (tertiary/aromatic N) is 1. The summed E-state index contributed by atoms with van der Waals surface area (Å²) in [6.45, 7) is 0. The second kappa shape index (κ2) is 7.47. The Bertz CT molecular complexity index is 632. The molecule has 0 aliphatic rings. The molecule has 110 valence electrons. The Kier molecular flexibility index (Phi) is 5.64. The maximum absolute atomic E-state index is 8.81. The van der Waals surface area contributed by atoms with E-state index in [0.29, 0.717) is 6.42 Å². The zero-order chi connectivity index (χ0) is 15.2. The molecule has 4 nitrogen and oxygen atoms in total. The van der Waals surface area contributed by atoms with Crippen molar-refractivity contribution in [2.24, 2.45) is 10.9 Å². The van der Waals surface area contributed by atoms with Crippen LogP contribution in [0.4, 0.5) is 5.69 Å². The number of rotatable bonds is 5. The number of hydrogen-bond acceptors (Lipinski definition) is 3. The van der Waals surface area contributed by atoms with Crippen molar-refractivity contribution in [3.8, 4) is 0 Å². The van der Waals surface area contributed by atoms with Gasteiger partial charge in [-0.2, -0.15) is 0 Å². The number of oxime groups is 1. The molecule has 0 heterocycles. The Morgan fingerprint density at radius 1 is 1.19 bits per heavy atom. The predicted octanol–water partition coefficient (Wildman–Crippen LogP) is 4.50. The fraction of sp³-hybridized carbons (Fsp3) is 0.133. The lowest BCUT2D eigenvalue weighted by atomic mass is 10.0. The summed E-state index contributed by atoms with van der Waals surface area (Å²) in [5.74, 6) is 0.185. The van der Waals surface area contributed by atoms with Gasteiger partial charge in [-0.1, -0.05) is 51.4 Å². The summed E-state index contributed by atoms with van der Waals surface area (Å²) in [5, 5.41) is 15.3. The van der Waals surface area contributed by atoms with Crippen LogP contribution in [0.5, 0.6) is 0 Å². The number of benzene rings is 2. The van der Waals surface area contributed by atoms with Gasteiger partial charge >= 0.3 is 0 Å². The van der Waals surface area contributed by atoms with Crippen molar-refractivity contribution in [2.75, 3.05) is 5.32 Å². The van der Waals surface area contributed by atoms with Crippen molar-refractivity contribution in [2.45, 2.75) is 12.5 Å². The van der Waals surface area contributed by atoms with Crippen LogP contribution in [0.1, 0.15) is 18.0 Å². The number of hydrogen-bond donors (Lipinski definition) is 3. The summed E-state index contributed by atoms with van der Waals surface area (Å²) < 4.78 is 1.94. The number of amidine groups is 1. The summed E-state index contributed by atoms with van der Waals surface area (Å²) in [4.78, 5) is 0. The number of nitrogens with one attached hydrogen (secondary N) is 1. The predicted molar refractivity (Wildman–Crippen MR) is 92.7 cm³/mol. The van der Waals surface area contributed by atoms with E-state index in [4.69, 9.17) is 10.9 Å². The van der Waals surface area contributed by atoms with E-state index in [1.54, 1.807) is 0 Å². The molecule has 0 aromatic heterocycles. The summed E-state index contributed by atoms with van der Waals surface area (Å²) in [6.07, 6.45) is 0.406. The van der Waals surface area contributed by atoms with E-state index in [1.165, 1.54) is 0 Å². The topological polar surface area (TPSA) is 70.6 Å². The molecular formula is C15H15Br2N3O. The maximum Gasteiger partial charge on any atom is 0.141 e. The van der Waals surface area contributed by atoms with Crippen LogP contribution in [0.2, 0.25) is 0 Å². The number of halogens is 2. The SMILES string of the molecule is NC(CC(Nc1ccc(Br)cc1Br)c1ccccc1)=NO. The van der Waals surface area contributed by atoms with E-state index in [9.17, 15) is 0 Å². The summed E-state index contributed by atoms with van der Waals surface area (Å²) in [5.41, 5.74) is 7.68. The first-order valence-corrected chi connectivity index (χ1v) is 7.91. The molecule has 0 aliphatic carbocycles. The molecule has 0 radical (unpaired) electrons. The molecule has 4 N–H and O–H groups in total. The van der Waals surface area contributed by atoms with Crippen LogP contribution in [-0.4, -0.2) is 11.0 Å². The van der Waals surface area contributed by atoms with Gasteiger partial charge in [-0.05, 0) is 39.7 Å². The van der Waals surface area contributed by atoms with Gasteiger partial charge in [0.05, 0.1) is 6.04 Å². The van der Waals surface area contributed by atoms with Gasteiger partial charge < -0.3 is 16.3 Å². The Morgan fingerprint density at radius 2 is 1.90 bits per heavy atom. The highest BCUT2D eigenvalue weighted by molar-refractivity contribution is 9.11. The number of nitrogens with two attached hydrogens (primary N) is 1. The van der Waals surface area contributed by atoms with E-state index in [-0.39, 0.29) is 11.9 Å². The minimum Gasteiger partial charge on any atom is -0.409 e. The van der Waals surface area contributed by atoms with Crippen molar-refractivity contribution < 1.29 is 5.21 Å². The van der Waals surface area contributed by atoms with Crippen LogP contribution in [0.3, 0.4) is 0 Å². The van der Waals surface area contributed by atoms with Crippen molar-refractivity contribution in [3.63, 3.8) is 0 Å².